The maximum absolute atomic E-state index is 13.0. The van der Waals surface area contributed by atoms with Gasteiger partial charge in [0.05, 0.1) is 0 Å². The Morgan fingerprint density at radius 1 is 1.44 bits per heavy atom. The Morgan fingerprint density at radius 3 is 2.88 bits per heavy atom. The predicted octanol–water partition coefficient (Wildman–Crippen LogP) is 3.54. The van der Waals surface area contributed by atoms with Gasteiger partial charge in [-0.05, 0) is 61.8 Å². The van der Waals surface area contributed by atoms with Crippen molar-refractivity contribution in [3.63, 3.8) is 0 Å². The van der Waals surface area contributed by atoms with Crippen LogP contribution in [0.1, 0.15) is 31.2 Å². The molecule has 0 bridgehead atoms. The Kier molecular flexibility index (Phi) is 3.82. The van der Waals surface area contributed by atoms with Crippen LogP contribution in [-0.2, 0) is 6.42 Å². The zero-order valence-corrected chi connectivity index (χ0v) is 10.0. The number of benzene rings is 1. The van der Waals surface area contributed by atoms with E-state index < -0.39 is 0 Å². The molecule has 3 heteroatoms. The number of nitrogens with two attached hydrogens (primary N) is 1. The zero-order valence-electron chi connectivity index (χ0n) is 9.26. The van der Waals surface area contributed by atoms with Crippen LogP contribution in [0.5, 0.6) is 0 Å². The third kappa shape index (κ3) is 3.19. The molecule has 2 rings (SSSR count). The largest absolute Gasteiger partial charge is 0.327 e. The van der Waals surface area contributed by atoms with Crippen LogP contribution in [0.3, 0.4) is 0 Å². The molecule has 1 unspecified atom stereocenters. The minimum atomic E-state index is -0.217. The Bertz CT molecular complexity index is 363. The van der Waals surface area contributed by atoms with E-state index >= 15 is 0 Å². The fraction of sp³-hybridized carbons (Fsp3) is 0.538. The second-order valence-corrected chi connectivity index (χ2v) is 5.04. The van der Waals surface area contributed by atoms with Crippen LogP contribution in [0.25, 0.3) is 0 Å². The summed E-state index contributed by atoms with van der Waals surface area (Å²) < 4.78 is 13.0. The lowest BCUT2D eigenvalue weighted by atomic mass is 10.0. The molecular formula is C13H17ClFN. The van der Waals surface area contributed by atoms with Gasteiger partial charge in [-0.15, -0.1) is 0 Å². The average molecular weight is 242 g/mol. The molecule has 0 saturated heterocycles. The molecule has 1 nitrogen and oxygen atoms in total. The molecule has 1 fully saturated rings. The fourth-order valence-electron chi connectivity index (χ4n) is 2.02. The van der Waals surface area contributed by atoms with Crippen molar-refractivity contribution >= 4 is 11.6 Å². The van der Waals surface area contributed by atoms with Crippen LogP contribution in [0.4, 0.5) is 4.39 Å². The van der Waals surface area contributed by atoms with Crippen molar-refractivity contribution in [3.8, 4) is 0 Å². The van der Waals surface area contributed by atoms with Gasteiger partial charge in [-0.2, -0.15) is 0 Å². The summed E-state index contributed by atoms with van der Waals surface area (Å²) in [6.45, 7) is 0. The van der Waals surface area contributed by atoms with Gasteiger partial charge in [-0.3, -0.25) is 0 Å². The molecule has 1 aliphatic rings. The molecule has 1 atom stereocenters. The standard InChI is InChI=1S/C13H17ClFN/c14-12-7-6-11(15)8-10(12)2-1-3-13(16)9-4-5-9/h6-9,13H,1-5,16H2. The van der Waals surface area contributed by atoms with Gasteiger partial charge in [0.25, 0.3) is 0 Å². The van der Waals surface area contributed by atoms with Crippen LogP contribution in [0.15, 0.2) is 18.2 Å². The van der Waals surface area contributed by atoms with Crippen LogP contribution in [0.2, 0.25) is 5.02 Å². The molecule has 1 saturated carbocycles. The minimum Gasteiger partial charge on any atom is -0.327 e. The van der Waals surface area contributed by atoms with E-state index in [1.165, 1.54) is 25.0 Å². The summed E-state index contributed by atoms with van der Waals surface area (Å²) in [7, 11) is 0. The monoisotopic (exact) mass is 241 g/mol. The molecule has 0 radical (unpaired) electrons. The summed E-state index contributed by atoms with van der Waals surface area (Å²) in [5, 5.41) is 0.654. The first kappa shape index (κ1) is 11.9. The van der Waals surface area contributed by atoms with Crippen molar-refractivity contribution in [3.05, 3.63) is 34.6 Å². The molecule has 0 heterocycles. The van der Waals surface area contributed by atoms with Crippen LogP contribution in [0, 0.1) is 11.7 Å². The van der Waals surface area contributed by atoms with E-state index in [9.17, 15) is 4.39 Å². The van der Waals surface area contributed by atoms with Gasteiger partial charge in [0.1, 0.15) is 5.82 Å². The number of hydrogen-bond acceptors (Lipinski definition) is 1. The molecule has 88 valence electrons. The summed E-state index contributed by atoms with van der Waals surface area (Å²) in [6.07, 6.45) is 5.37. The number of aryl methyl sites for hydroxylation is 1. The van der Waals surface area contributed by atoms with E-state index in [1.54, 1.807) is 6.07 Å². The third-order valence-electron chi connectivity index (χ3n) is 3.22. The lowest BCUT2D eigenvalue weighted by Gasteiger charge is -2.10. The highest BCUT2D eigenvalue weighted by Gasteiger charge is 2.27. The fourth-order valence-corrected chi connectivity index (χ4v) is 2.24. The molecule has 1 aliphatic carbocycles. The smallest absolute Gasteiger partial charge is 0.123 e. The topological polar surface area (TPSA) is 26.0 Å². The van der Waals surface area contributed by atoms with Gasteiger partial charge < -0.3 is 5.73 Å². The van der Waals surface area contributed by atoms with E-state index in [4.69, 9.17) is 17.3 Å². The van der Waals surface area contributed by atoms with Crippen LogP contribution in [-0.4, -0.2) is 6.04 Å². The van der Waals surface area contributed by atoms with E-state index in [1.807, 2.05) is 0 Å². The van der Waals surface area contributed by atoms with E-state index in [-0.39, 0.29) is 5.82 Å². The SMILES string of the molecule is NC(CCCc1cc(F)ccc1Cl)C1CC1. The molecule has 0 amide bonds. The molecule has 0 spiro atoms. The van der Waals surface area contributed by atoms with Crippen LogP contribution >= 0.6 is 11.6 Å². The van der Waals surface area contributed by atoms with Gasteiger partial charge in [0.15, 0.2) is 0 Å². The van der Waals surface area contributed by atoms with Crippen molar-refractivity contribution in [2.45, 2.75) is 38.1 Å². The highest BCUT2D eigenvalue weighted by molar-refractivity contribution is 6.31. The van der Waals surface area contributed by atoms with Crippen molar-refractivity contribution in [1.29, 1.82) is 0 Å². The van der Waals surface area contributed by atoms with Crippen molar-refractivity contribution < 1.29 is 4.39 Å². The quantitative estimate of drug-likeness (QED) is 0.839. The summed E-state index contributed by atoms with van der Waals surface area (Å²) in [5.41, 5.74) is 6.90. The Labute approximate surface area is 101 Å². The third-order valence-corrected chi connectivity index (χ3v) is 3.59. The lowest BCUT2D eigenvalue weighted by Crippen LogP contribution is -2.22. The Balaban J connectivity index is 1.81. The van der Waals surface area contributed by atoms with Gasteiger partial charge in [-0.1, -0.05) is 11.6 Å². The summed E-state index contributed by atoms with van der Waals surface area (Å²) in [5.74, 6) is 0.522. The van der Waals surface area contributed by atoms with Crippen molar-refractivity contribution in [2.75, 3.05) is 0 Å². The van der Waals surface area contributed by atoms with Crippen LogP contribution < -0.4 is 5.73 Å². The second-order valence-electron chi connectivity index (χ2n) is 4.63. The Hall–Kier alpha value is -0.600. The predicted molar refractivity (Wildman–Crippen MR) is 65.0 cm³/mol. The normalized spacial score (nSPS) is 17.4. The van der Waals surface area contributed by atoms with Gasteiger partial charge in [0, 0.05) is 11.1 Å². The van der Waals surface area contributed by atoms with Crippen molar-refractivity contribution in [1.82, 2.24) is 0 Å². The molecule has 1 aromatic carbocycles. The lowest BCUT2D eigenvalue weighted by molar-refractivity contribution is 0.528. The molecule has 1 aromatic rings. The number of hydrogen-bond donors (Lipinski definition) is 1. The second kappa shape index (κ2) is 5.15. The van der Waals surface area contributed by atoms with Gasteiger partial charge in [-0.25, -0.2) is 4.39 Å². The van der Waals surface area contributed by atoms with Gasteiger partial charge >= 0.3 is 0 Å². The maximum atomic E-state index is 13.0. The first-order valence-electron chi connectivity index (χ1n) is 5.86. The van der Waals surface area contributed by atoms with E-state index in [0.29, 0.717) is 11.1 Å². The number of halogens is 2. The summed E-state index contributed by atoms with van der Waals surface area (Å²) in [4.78, 5) is 0. The van der Waals surface area contributed by atoms with Gasteiger partial charge in [0.2, 0.25) is 0 Å². The van der Waals surface area contributed by atoms with E-state index in [2.05, 4.69) is 0 Å². The summed E-state index contributed by atoms with van der Waals surface area (Å²) >= 11 is 5.99. The maximum Gasteiger partial charge on any atom is 0.123 e. The summed E-state index contributed by atoms with van der Waals surface area (Å²) in [6, 6.07) is 4.85. The minimum absolute atomic E-state index is 0.217. The first-order valence-corrected chi connectivity index (χ1v) is 6.24. The average Bonchev–Trinajstić information content (AvgIpc) is 3.06. The Morgan fingerprint density at radius 2 is 2.19 bits per heavy atom. The molecular weight excluding hydrogens is 225 g/mol. The highest BCUT2D eigenvalue weighted by atomic mass is 35.5. The first-order chi connectivity index (χ1) is 7.66. The zero-order chi connectivity index (χ0) is 11.5. The molecule has 0 aromatic heterocycles. The highest BCUT2D eigenvalue weighted by Crippen LogP contribution is 2.33. The molecule has 0 aliphatic heterocycles. The van der Waals surface area contributed by atoms with Crippen molar-refractivity contribution in [2.24, 2.45) is 11.7 Å². The molecule has 16 heavy (non-hydrogen) atoms. The molecule has 2 N–H and O–H groups in total. The van der Waals surface area contributed by atoms with E-state index in [0.717, 1.165) is 30.7 Å². The number of rotatable bonds is 5.